The summed E-state index contributed by atoms with van der Waals surface area (Å²) in [4.78, 5) is 40.0. The molecule has 0 aromatic rings. The summed E-state index contributed by atoms with van der Waals surface area (Å²) < 4.78 is 0. The first kappa shape index (κ1) is 66.6. The van der Waals surface area contributed by atoms with Gasteiger partial charge in [-0.25, -0.2) is 0 Å². The van der Waals surface area contributed by atoms with E-state index in [9.17, 15) is 0 Å². The molecule has 5 nitrogen and oxygen atoms in total. The van der Waals surface area contributed by atoms with E-state index in [0.29, 0.717) is 0 Å². The first-order valence-corrected chi connectivity index (χ1v) is 1.44. The third kappa shape index (κ3) is 863. The van der Waals surface area contributed by atoms with Crippen LogP contribution in [0.5, 0.6) is 0 Å². The van der Waals surface area contributed by atoms with Gasteiger partial charge in [-0.3, -0.25) is 0 Å². The first-order chi connectivity index (χ1) is 5.00. The molecule has 0 heterocycles. The van der Waals surface area contributed by atoms with Crippen LogP contribution in [0.15, 0.2) is 0 Å². The number of rotatable bonds is 0. The SMILES string of the molecule is C=O.C=O.C=O.C=O.C=O.Cl.[Mn]. The van der Waals surface area contributed by atoms with E-state index >= 15 is 0 Å². The average Bonchev–Trinajstić information content (AvgIpc) is 2.20. The van der Waals surface area contributed by atoms with Crippen molar-refractivity contribution in [2.24, 2.45) is 0 Å². The van der Waals surface area contributed by atoms with Crippen molar-refractivity contribution in [3.05, 3.63) is 0 Å². The van der Waals surface area contributed by atoms with Gasteiger partial charge in [0, 0.05) is 17.1 Å². The summed E-state index contributed by atoms with van der Waals surface area (Å²) in [5, 5.41) is 0. The van der Waals surface area contributed by atoms with E-state index in [1.54, 1.807) is 0 Å². The molecule has 0 rings (SSSR count). The summed E-state index contributed by atoms with van der Waals surface area (Å²) in [5.74, 6) is 0. The normalized spacial score (nSPS) is 1.67. The number of halogens is 1. The van der Waals surface area contributed by atoms with Gasteiger partial charge in [-0.2, -0.15) is 0 Å². The zero-order valence-corrected chi connectivity index (χ0v) is 8.36. The van der Waals surface area contributed by atoms with Crippen molar-refractivity contribution in [2.75, 3.05) is 0 Å². The van der Waals surface area contributed by atoms with Gasteiger partial charge in [0.1, 0.15) is 33.9 Å². The molecular formula is C5H11ClMnO5. The summed E-state index contributed by atoms with van der Waals surface area (Å²) in [7, 11) is 0. The Morgan fingerprint density at radius 1 is 0.417 bits per heavy atom. The van der Waals surface area contributed by atoms with Crippen LogP contribution in [-0.4, -0.2) is 33.9 Å². The second kappa shape index (κ2) is 1210. The van der Waals surface area contributed by atoms with Gasteiger partial charge in [0.25, 0.3) is 0 Å². The summed E-state index contributed by atoms with van der Waals surface area (Å²) in [5.41, 5.74) is 0. The van der Waals surface area contributed by atoms with Crippen molar-refractivity contribution in [3.8, 4) is 0 Å². The Morgan fingerprint density at radius 2 is 0.417 bits per heavy atom. The average molecular weight is 242 g/mol. The minimum atomic E-state index is 0. The van der Waals surface area contributed by atoms with Crippen LogP contribution in [0.4, 0.5) is 0 Å². The van der Waals surface area contributed by atoms with Gasteiger partial charge in [-0.1, -0.05) is 0 Å². The maximum atomic E-state index is 8.00. The number of carbonyl (C=O) groups excluding carboxylic acids is 5. The Labute approximate surface area is 87.8 Å². The smallest absolute Gasteiger partial charge is 0.106 e. The van der Waals surface area contributed by atoms with Gasteiger partial charge in [0.05, 0.1) is 0 Å². The molecule has 75 valence electrons. The van der Waals surface area contributed by atoms with E-state index in [4.69, 9.17) is 24.0 Å². The Balaban J connectivity index is -0.00000000500. The van der Waals surface area contributed by atoms with E-state index in [-0.39, 0.29) is 29.5 Å². The molecule has 12 heavy (non-hydrogen) atoms. The molecule has 0 amide bonds. The maximum Gasteiger partial charge on any atom is 0.106 e. The second-order valence-electron chi connectivity index (χ2n) is 0. The van der Waals surface area contributed by atoms with Crippen LogP contribution in [0.2, 0.25) is 0 Å². The van der Waals surface area contributed by atoms with Crippen molar-refractivity contribution >= 4 is 46.4 Å². The Hall–Kier alpha value is -0.841. The molecule has 0 fully saturated rings. The number of hydrogen-bond acceptors (Lipinski definition) is 5. The van der Waals surface area contributed by atoms with Crippen LogP contribution in [-0.2, 0) is 41.0 Å². The standard InChI is InChI=1S/5CH2O.ClH.Mn/c5*1-2;;/h5*1H2;1H;. The molecule has 0 aromatic carbocycles. The zero-order chi connectivity index (χ0) is 10.0. The molecule has 0 N–H and O–H groups in total. The predicted molar refractivity (Wildman–Crippen MR) is 42.9 cm³/mol. The van der Waals surface area contributed by atoms with E-state index in [2.05, 4.69) is 0 Å². The largest absolute Gasteiger partial charge is 0.307 e. The Morgan fingerprint density at radius 3 is 0.417 bits per heavy atom. The summed E-state index contributed by atoms with van der Waals surface area (Å²) in [6.45, 7) is 10.0. The third-order valence-corrected chi connectivity index (χ3v) is 0. The van der Waals surface area contributed by atoms with E-state index in [0.717, 1.165) is 0 Å². The quantitative estimate of drug-likeness (QED) is 0.534. The van der Waals surface area contributed by atoms with Gasteiger partial charge >= 0.3 is 0 Å². The number of hydrogen-bond donors (Lipinski definition) is 0. The van der Waals surface area contributed by atoms with Crippen LogP contribution in [0.25, 0.3) is 0 Å². The van der Waals surface area contributed by atoms with Gasteiger partial charge < -0.3 is 24.0 Å². The minimum Gasteiger partial charge on any atom is -0.307 e. The fourth-order valence-electron chi connectivity index (χ4n) is 0. The molecule has 0 bridgehead atoms. The third-order valence-electron chi connectivity index (χ3n) is 0. The van der Waals surface area contributed by atoms with Gasteiger partial charge in [-0.05, 0) is 0 Å². The summed E-state index contributed by atoms with van der Waals surface area (Å²) in [6, 6.07) is 0. The van der Waals surface area contributed by atoms with E-state index < -0.39 is 0 Å². The molecule has 0 unspecified atom stereocenters. The van der Waals surface area contributed by atoms with Crippen LogP contribution in [0, 0.1) is 0 Å². The zero-order valence-electron chi connectivity index (χ0n) is 6.36. The van der Waals surface area contributed by atoms with Gasteiger partial charge in [0.15, 0.2) is 0 Å². The fraction of sp³-hybridized carbons (Fsp3) is 0. The Bertz CT molecular complexity index is 31.4. The molecule has 0 spiro atoms. The van der Waals surface area contributed by atoms with E-state index in [1.165, 1.54) is 0 Å². The molecule has 1 radical (unpaired) electrons. The van der Waals surface area contributed by atoms with E-state index in [1.807, 2.05) is 33.9 Å². The number of carbonyl (C=O) groups is 5. The van der Waals surface area contributed by atoms with Crippen molar-refractivity contribution in [2.45, 2.75) is 0 Å². The summed E-state index contributed by atoms with van der Waals surface area (Å²) >= 11 is 0. The first-order valence-electron chi connectivity index (χ1n) is 1.44. The summed E-state index contributed by atoms with van der Waals surface area (Å²) in [6.07, 6.45) is 0. The van der Waals surface area contributed by atoms with Crippen molar-refractivity contribution in [1.82, 2.24) is 0 Å². The van der Waals surface area contributed by atoms with Gasteiger partial charge in [-0.15, -0.1) is 12.4 Å². The topological polar surface area (TPSA) is 85.3 Å². The molecule has 0 aliphatic heterocycles. The van der Waals surface area contributed by atoms with Crippen molar-refractivity contribution < 1.29 is 41.0 Å². The maximum absolute atomic E-state index is 8.00. The van der Waals surface area contributed by atoms with Crippen molar-refractivity contribution in [1.29, 1.82) is 0 Å². The monoisotopic (exact) mass is 241 g/mol. The van der Waals surface area contributed by atoms with Gasteiger partial charge in [0.2, 0.25) is 0 Å². The molecular weight excluding hydrogens is 230 g/mol. The van der Waals surface area contributed by atoms with Crippen LogP contribution < -0.4 is 0 Å². The molecule has 0 saturated heterocycles. The second-order valence-corrected chi connectivity index (χ2v) is 0. The molecule has 7 heteroatoms. The Kier molecular flexibility index (Phi) is 6690. The fourth-order valence-corrected chi connectivity index (χ4v) is 0. The molecule has 0 aromatic heterocycles. The molecule has 0 aliphatic rings. The van der Waals surface area contributed by atoms with Crippen molar-refractivity contribution in [3.63, 3.8) is 0 Å². The van der Waals surface area contributed by atoms with Crippen LogP contribution in [0.3, 0.4) is 0 Å². The predicted octanol–water partition coefficient (Wildman–Crippen LogP) is -0.505. The molecule has 0 aliphatic carbocycles. The molecule has 0 saturated carbocycles. The minimum absolute atomic E-state index is 0. The molecule has 0 atom stereocenters. The van der Waals surface area contributed by atoms with Crippen LogP contribution >= 0.6 is 12.4 Å². The van der Waals surface area contributed by atoms with Crippen LogP contribution in [0.1, 0.15) is 0 Å².